The van der Waals surface area contributed by atoms with Crippen LogP contribution in [0.15, 0.2) is 24.3 Å². The summed E-state index contributed by atoms with van der Waals surface area (Å²) in [5, 5.41) is 4.65. The maximum atomic E-state index is 13.1. The molecule has 2 rings (SSSR count). The summed E-state index contributed by atoms with van der Waals surface area (Å²) in [5.74, 6) is -1.34. The molecule has 136 valence electrons. The van der Waals surface area contributed by atoms with Gasteiger partial charge in [-0.05, 0) is 36.5 Å². The Morgan fingerprint density at radius 3 is 2.36 bits per heavy atom. The molecule has 0 aromatic heterocycles. The van der Waals surface area contributed by atoms with Gasteiger partial charge in [-0.25, -0.2) is 9.18 Å². The van der Waals surface area contributed by atoms with Gasteiger partial charge in [-0.1, -0.05) is 32.4 Å². The molecule has 25 heavy (non-hydrogen) atoms. The van der Waals surface area contributed by atoms with Gasteiger partial charge in [0.2, 0.25) is 0 Å². The minimum absolute atomic E-state index is 0.257. The lowest BCUT2D eigenvalue weighted by atomic mass is 9.64. The molecule has 3 amide bonds. The number of nitrogens with one attached hydrogen (secondary N) is 2. The Morgan fingerprint density at radius 1 is 1.20 bits per heavy atom. The lowest BCUT2D eigenvalue weighted by Crippen LogP contribution is -2.46. The molecule has 1 aliphatic carbocycles. The van der Waals surface area contributed by atoms with E-state index in [1.54, 1.807) is 12.1 Å². The molecule has 1 saturated carbocycles. The summed E-state index contributed by atoms with van der Waals surface area (Å²) < 4.78 is 18.2. The predicted octanol–water partition coefficient (Wildman–Crippen LogP) is 2.27. The van der Waals surface area contributed by atoms with Gasteiger partial charge in [0.1, 0.15) is 5.82 Å². The fraction of sp³-hybridized carbons (Fsp3) is 0.500. The van der Waals surface area contributed by atoms with Crippen molar-refractivity contribution < 1.29 is 23.5 Å². The third-order valence-corrected chi connectivity index (χ3v) is 4.25. The number of ether oxygens (including phenoxy) is 1. The lowest BCUT2D eigenvalue weighted by molar-refractivity contribution is -0.157. The molecule has 1 aromatic rings. The van der Waals surface area contributed by atoms with Gasteiger partial charge in [0.05, 0.1) is 5.41 Å². The Morgan fingerprint density at radius 2 is 1.84 bits per heavy atom. The highest BCUT2D eigenvalue weighted by Gasteiger charge is 2.47. The van der Waals surface area contributed by atoms with Crippen LogP contribution in [0.2, 0.25) is 0 Å². The molecule has 0 spiro atoms. The number of rotatable bonds is 6. The van der Waals surface area contributed by atoms with Crippen LogP contribution in [0.25, 0.3) is 0 Å². The van der Waals surface area contributed by atoms with Crippen LogP contribution in [0.5, 0.6) is 0 Å². The van der Waals surface area contributed by atoms with E-state index in [0.717, 1.165) is 6.42 Å². The summed E-state index contributed by atoms with van der Waals surface area (Å²) in [6.45, 7) is 3.76. The molecule has 0 unspecified atom stereocenters. The van der Waals surface area contributed by atoms with Crippen molar-refractivity contribution in [2.45, 2.75) is 38.5 Å². The van der Waals surface area contributed by atoms with Crippen LogP contribution in [0.4, 0.5) is 9.18 Å². The zero-order valence-corrected chi connectivity index (χ0v) is 14.4. The van der Waals surface area contributed by atoms with Crippen molar-refractivity contribution in [1.29, 1.82) is 0 Å². The Bertz CT molecular complexity index is 639. The monoisotopic (exact) mass is 350 g/mol. The maximum absolute atomic E-state index is 13.1. The predicted molar refractivity (Wildman–Crippen MR) is 89.3 cm³/mol. The second kappa shape index (κ2) is 8.09. The molecule has 0 radical (unpaired) electrons. The summed E-state index contributed by atoms with van der Waals surface area (Å²) in [6, 6.07) is 5.11. The Labute approximate surface area is 146 Å². The van der Waals surface area contributed by atoms with E-state index in [-0.39, 0.29) is 11.7 Å². The standard InChI is InChI=1S/C18H23FN2O4/c1-12(2)10-20-17(24)21-15(22)11-25-16(23)18(8-3-9-18)13-4-6-14(19)7-5-13/h4-7,12H,3,8-11H2,1-2H3,(H2,20,21,22,24). The normalized spacial score (nSPS) is 15.2. The number of benzene rings is 1. The average molecular weight is 350 g/mol. The first-order valence-corrected chi connectivity index (χ1v) is 8.34. The molecule has 0 aliphatic heterocycles. The molecule has 0 heterocycles. The van der Waals surface area contributed by atoms with Gasteiger partial charge >= 0.3 is 12.0 Å². The van der Waals surface area contributed by atoms with Crippen molar-refractivity contribution in [3.63, 3.8) is 0 Å². The molecule has 7 heteroatoms. The minimum Gasteiger partial charge on any atom is -0.455 e. The second-order valence-electron chi connectivity index (χ2n) is 6.67. The van der Waals surface area contributed by atoms with Gasteiger partial charge in [-0.15, -0.1) is 0 Å². The highest BCUT2D eigenvalue weighted by molar-refractivity contribution is 5.96. The zero-order valence-electron chi connectivity index (χ0n) is 14.4. The van der Waals surface area contributed by atoms with Gasteiger partial charge in [0.15, 0.2) is 6.61 Å². The second-order valence-corrected chi connectivity index (χ2v) is 6.67. The molecule has 2 N–H and O–H groups in total. The van der Waals surface area contributed by atoms with Crippen molar-refractivity contribution in [2.24, 2.45) is 5.92 Å². The van der Waals surface area contributed by atoms with Crippen LogP contribution in [0, 0.1) is 11.7 Å². The molecule has 6 nitrogen and oxygen atoms in total. The fourth-order valence-electron chi connectivity index (χ4n) is 2.68. The Balaban J connectivity index is 1.87. The van der Waals surface area contributed by atoms with E-state index in [1.807, 2.05) is 13.8 Å². The molecule has 1 aromatic carbocycles. The summed E-state index contributed by atoms with van der Waals surface area (Å²) in [5.41, 5.74) is -0.145. The maximum Gasteiger partial charge on any atom is 0.321 e. The number of hydrogen-bond acceptors (Lipinski definition) is 4. The van der Waals surface area contributed by atoms with E-state index in [2.05, 4.69) is 10.6 Å². The molecule has 1 aliphatic rings. The van der Waals surface area contributed by atoms with Crippen molar-refractivity contribution in [2.75, 3.05) is 13.2 Å². The van der Waals surface area contributed by atoms with Gasteiger partial charge in [-0.3, -0.25) is 14.9 Å². The Hall–Kier alpha value is -2.44. The third kappa shape index (κ3) is 4.78. The summed E-state index contributed by atoms with van der Waals surface area (Å²) in [6.07, 6.45) is 2.04. The van der Waals surface area contributed by atoms with E-state index in [0.29, 0.717) is 24.9 Å². The first-order valence-electron chi connectivity index (χ1n) is 8.34. The van der Waals surface area contributed by atoms with Crippen LogP contribution < -0.4 is 10.6 Å². The van der Waals surface area contributed by atoms with E-state index < -0.39 is 29.9 Å². The first-order chi connectivity index (χ1) is 11.8. The summed E-state index contributed by atoms with van der Waals surface area (Å²) in [7, 11) is 0. The highest BCUT2D eigenvalue weighted by atomic mass is 19.1. The average Bonchev–Trinajstić information content (AvgIpc) is 2.51. The van der Waals surface area contributed by atoms with Gasteiger partial charge < -0.3 is 10.1 Å². The number of halogens is 1. The van der Waals surface area contributed by atoms with Crippen molar-refractivity contribution >= 4 is 17.9 Å². The minimum atomic E-state index is -0.826. The molecule has 1 fully saturated rings. The largest absolute Gasteiger partial charge is 0.455 e. The van der Waals surface area contributed by atoms with E-state index >= 15 is 0 Å². The van der Waals surface area contributed by atoms with Crippen LogP contribution in [-0.4, -0.2) is 31.1 Å². The quantitative estimate of drug-likeness (QED) is 0.771. The smallest absolute Gasteiger partial charge is 0.321 e. The van der Waals surface area contributed by atoms with Gasteiger partial charge in [0.25, 0.3) is 5.91 Å². The fourth-order valence-corrected chi connectivity index (χ4v) is 2.68. The third-order valence-electron chi connectivity index (χ3n) is 4.25. The topological polar surface area (TPSA) is 84.5 Å². The van der Waals surface area contributed by atoms with Crippen LogP contribution >= 0.6 is 0 Å². The number of urea groups is 1. The van der Waals surface area contributed by atoms with Crippen molar-refractivity contribution in [3.8, 4) is 0 Å². The lowest BCUT2D eigenvalue weighted by Gasteiger charge is -2.39. The zero-order chi connectivity index (χ0) is 18.4. The number of imide groups is 1. The Kier molecular flexibility index (Phi) is 6.12. The van der Waals surface area contributed by atoms with Gasteiger partial charge in [0, 0.05) is 6.54 Å². The molecular weight excluding hydrogens is 327 g/mol. The molecule has 0 bridgehead atoms. The van der Waals surface area contributed by atoms with Crippen LogP contribution in [0.3, 0.4) is 0 Å². The van der Waals surface area contributed by atoms with Crippen molar-refractivity contribution in [3.05, 3.63) is 35.6 Å². The molecular formula is C18H23FN2O4. The summed E-state index contributed by atoms with van der Waals surface area (Å²) in [4.78, 5) is 35.7. The first kappa shape index (κ1) is 18.9. The molecule has 0 saturated heterocycles. The SMILES string of the molecule is CC(C)CNC(=O)NC(=O)COC(=O)C1(c2ccc(F)cc2)CCC1. The number of esters is 1. The molecule has 0 atom stereocenters. The number of carbonyl (C=O) groups excluding carboxylic acids is 3. The van der Waals surface area contributed by atoms with Crippen LogP contribution in [0.1, 0.15) is 38.7 Å². The van der Waals surface area contributed by atoms with Gasteiger partial charge in [-0.2, -0.15) is 0 Å². The van der Waals surface area contributed by atoms with E-state index in [1.165, 1.54) is 12.1 Å². The van der Waals surface area contributed by atoms with Crippen LogP contribution in [-0.2, 0) is 19.7 Å². The van der Waals surface area contributed by atoms with E-state index in [4.69, 9.17) is 4.74 Å². The van der Waals surface area contributed by atoms with Crippen molar-refractivity contribution in [1.82, 2.24) is 10.6 Å². The van der Waals surface area contributed by atoms with E-state index in [9.17, 15) is 18.8 Å². The highest BCUT2D eigenvalue weighted by Crippen LogP contribution is 2.44. The number of amides is 3. The number of hydrogen-bond donors (Lipinski definition) is 2. The summed E-state index contributed by atoms with van der Waals surface area (Å²) >= 11 is 0. The number of carbonyl (C=O) groups is 3.